The molecule has 0 spiro atoms. The standard InChI is InChI=1S/C38H38N2/c1-37(2,3)27-22-26(23-28(24-27)38(4,5)6)31-16-7-10-19-34(31)39-29-14-13-15-30(25-29)40-35-20-11-8-17-32(35)33-18-9-12-21-36(33)40/h7-25,39H,1-6H3/i8D,9D,11D,12D,17D,18D,20D,21D. The van der Waals surface area contributed by atoms with Gasteiger partial charge in [0.15, 0.2) is 0 Å². The van der Waals surface area contributed by atoms with Crippen LogP contribution in [0.3, 0.4) is 0 Å². The van der Waals surface area contributed by atoms with Crippen molar-refractivity contribution in [1.82, 2.24) is 4.57 Å². The Bertz CT molecular complexity index is 2160. The third-order valence-electron chi connectivity index (χ3n) is 7.32. The predicted molar refractivity (Wildman–Crippen MR) is 173 cm³/mol. The van der Waals surface area contributed by atoms with Crippen LogP contribution in [0.1, 0.15) is 63.6 Å². The van der Waals surface area contributed by atoms with Crippen LogP contribution in [0.2, 0.25) is 0 Å². The van der Waals surface area contributed by atoms with E-state index in [1.54, 1.807) is 6.07 Å². The molecule has 6 aromatic rings. The Morgan fingerprint density at radius 3 is 1.80 bits per heavy atom. The van der Waals surface area contributed by atoms with Crippen molar-refractivity contribution in [3.63, 3.8) is 0 Å². The third-order valence-corrected chi connectivity index (χ3v) is 7.32. The molecule has 0 unspecified atom stereocenters. The van der Waals surface area contributed by atoms with E-state index in [9.17, 15) is 0 Å². The van der Waals surface area contributed by atoms with E-state index in [2.05, 4.69) is 71.1 Å². The number of anilines is 2. The van der Waals surface area contributed by atoms with Gasteiger partial charge >= 0.3 is 0 Å². The Labute approximate surface area is 249 Å². The van der Waals surface area contributed by atoms with Gasteiger partial charge in [0.05, 0.1) is 22.0 Å². The molecule has 0 aliphatic rings. The van der Waals surface area contributed by atoms with Gasteiger partial charge < -0.3 is 9.88 Å². The van der Waals surface area contributed by atoms with Crippen molar-refractivity contribution < 1.29 is 11.0 Å². The monoisotopic (exact) mass is 530 g/mol. The molecule has 1 heterocycles. The predicted octanol–water partition coefficient (Wildman–Crippen LogP) is 10.8. The largest absolute Gasteiger partial charge is 0.355 e. The number of hydrogen-bond donors (Lipinski definition) is 1. The molecule has 0 atom stereocenters. The minimum absolute atomic E-state index is 0.0556. The molecule has 5 aromatic carbocycles. The first kappa shape index (κ1) is 18.1. The fourth-order valence-electron chi connectivity index (χ4n) is 5.05. The molecule has 0 fully saturated rings. The van der Waals surface area contributed by atoms with Gasteiger partial charge in [-0.05, 0) is 63.9 Å². The van der Waals surface area contributed by atoms with Gasteiger partial charge in [-0.25, -0.2) is 0 Å². The molecule has 1 aromatic heterocycles. The fraction of sp³-hybridized carbons (Fsp3) is 0.211. The van der Waals surface area contributed by atoms with Crippen LogP contribution in [0.5, 0.6) is 0 Å². The van der Waals surface area contributed by atoms with Crippen LogP contribution in [-0.2, 0) is 10.8 Å². The number of fused-ring (bicyclic) bond motifs is 3. The van der Waals surface area contributed by atoms with Gasteiger partial charge in [0.1, 0.15) is 0 Å². The van der Waals surface area contributed by atoms with Gasteiger partial charge in [0, 0.05) is 33.4 Å². The van der Waals surface area contributed by atoms with Crippen molar-refractivity contribution in [1.29, 1.82) is 0 Å². The highest BCUT2D eigenvalue weighted by Gasteiger charge is 2.21. The van der Waals surface area contributed by atoms with Crippen molar-refractivity contribution in [2.24, 2.45) is 0 Å². The molecular formula is C38H38N2. The fourth-order valence-corrected chi connectivity index (χ4v) is 5.05. The van der Waals surface area contributed by atoms with E-state index in [1.165, 1.54) is 15.7 Å². The molecule has 0 saturated carbocycles. The molecular weight excluding hydrogens is 484 g/mol. The van der Waals surface area contributed by atoms with Crippen molar-refractivity contribution >= 4 is 33.2 Å². The van der Waals surface area contributed by atoms with Crippen LogP contribution in [0.4, 0.5) is 11.4 Å². The topological polar surface area (TPSA) is 17.0 Å². The van der Waals surface area contributed by atoms with Crippen molar-refractivity contribution in [3.05, 3.63) is 126 Å². The molecule has 40 heavy (non-hydrogen) atoms. The van der Waals surface area contributed by atoms with Crippen molar-refractivity contribution in [2.45, 2.75) is 52.4 Å². The Balaban J connectivity index is 1.57. The molecule has 6 rings (SSSR count). The Hall–Kier alpha value is -4.30. The van der Waals surface area contributed by atoms with Crippen molar-refractivity contribution in [2.75, 3.05) is 5.32 Å². The summed E-state index contributed by atoms with van der Waals surface area (Å²) < 4.78 is 70.1. The average Bonchev–Trinajstić information content (AvgIpc) is 3.40. The summed E-state index contributed by atoms with van der Waals surface area (Å²) in [6.45, 7) is 13.3. The van der Waals surface area contributed by atoms with Crippen LogP contribution in [-0.4, -0.2) is 4.57 Å². The van der Waals surface area contributed by atoms with E-state index < -0.39 is 24.2 Å². The summed E-state index contributed by atoms with van der Waals surface area (Å²) in [5.41, 5.74) is 6.69. The number of aromatic nitrogens is 1. The summed E-state index contributed by atoms with van der Waals surface area (Å²) in [6.07, 6.45) is 0. The van der Waals surface area contributed by atoms with Crippen LogP contribution in [0, 0.1) is 0 Å². The lowest BCUT2D eigenvalue weighted by Crippen LogP contribution is -2.16. The number of nitrogens with one attached hydrogen (secondary N) is 1. The first-order valence-electron chi connectivity index (χ1n) is 17.6. The van der Waals surface area contributed by atoms with Gasteiger partial charge in [-0.1, -0.05) is 120 Å². The highest BCUT2D eigenvalue weighted by molar-refractivity contribution is 6.09. The van der Waals surface area contributed by atoms with Crippen LogP contribution in [0.15, 0.2) is 115 Å². The second-order valence-corrected chi connectivity index (χ2v) is 12.3. The van der Waals surface area contributed by atoms with E-state index in [0.717, 1.165) is 16.8 Å². The Kier molecular flexibility index (Phi) is 4.40. The first-order chi connectivity index (χ1) is 22.4. The molecule has 2 nitrogen and oxygen atoms in total. The molecule has 0 amide bonds. The lowest BCUT2D eigenvalue weighted by molar-refractivity contribution is 0.569. The zero-order valence-corrected chi connectivity index (χ0v) is 23.8. The average molecular weight is 531 g/mol. The normalized spacial score (nSPS) is 15.1. The molecule has 200 valence electrons. The van der Waals surface area contributed by atoms with Crippen molar-refractivity contribution in [3.8, 4) is 16.8 Å². The minimum Gasteiger partial charge on any atom is -0.355 e. The lowest BCUT2D eigenvalue weighted by Gasteiger charge is -2.27. The highest BCUT2D eigenvalue weighted by Crippen LogP contribution is 2.38. The zero-order valence-electron chi connectivity index (χ0n) is 31.8. The maximum absolute atomic E-state index is 8.83. The van der Waals surface area contributed by atoms with E-state index in [4.69, 9.17) is 11.0 Å². The molecule has 0 bridgehead atoms. The number of benzene rings is 5. The quantitative estimate of drug-likeness (QED) is 0.240. The zero-order chi connectivity index (χ0) is 35.0. The lowest BCUT2D eigenvalue weighted by atomic mass is 9.79. The van der Waals surface area contributed by atoms with Gasteiger partial charge in [-0.3, -0.25) is 0 Å². The molecule has 0 radical (unpaired) electrons. The molecule has 1 N–H and O–H groups in total. The Morgan fingerprint density at radius 2 is 1.20 bits per heavy atom. The number of hydrogen-bond acceptors (Lipinski definition) is 1. The maximum Gasteiger partial charge on any atom is 0.0645 e. The summed E-state index contributed by atoms with van der Waals surface area (Å²) >= 11 is 0. The maximum atomic E-state index is 8.83. The van der Waals surface area contributed by atoms with E-state index in [-0.39, 0.29) is 56.8 Å². The molecule has 2 heteroatoms. The van der Waals surface area contributed by atoms with Crippen LogP contribution >= 0.6 is 0 Å². The van der Waals surface area contributed by atoms with E-state index in [1.807, 2.05) is 36.4 Å². The van der Waals surface area contributed by atoms with Gasteiger partial charge in [-0.2, -0.15) is 0 Å². The van der Waals surface area contributed by atoms with Crippen LogP contribution in [0.25, 0.3) is 38.6 Å². The summed E-state index contributed by atoms with van der Waals surface area (Å²) in [7, 11) is 0. The van der Waals surface area contributed by atoms with Gasteiger partial charge in [-0.15, -0.1) is 0 Å². The third kappa shape index (κ3) is 4.79. The number of rotatable bonds is 4. The molecule has 0 saturated heterocycles. The smallest absolute Gasteiger partial charge is 0.0645 e. The summed E-state index contributed by atoms with van der Waals surface area (Å²) in [5, 5.41) is 3.67. The van der Waals surface area contributed by atoms with Gasteiger partial charge in [0.25, 0.3) is 0 Å². The molecule has 0 aliphatic carbocycles. The highest BCUT2D eigenvalue weighted by atomic mass is 15.0. The number of para-hydroxylation sites is 3. The second-order valence-electron chi connectivity index (χ2n) is 12.3. The second kappa shape index (κ2) is 9.71. The minimum atomic E-state index is -0.462. The van der Waals surface area contributed by atoms with E-state index in [0.29, 0.717) is 11.4 Å². The molecule has 0 aliphatic heterocycles. The first-order valence-corrected chi connectivity index (χ1v) is 13.6. The summed E-state index contributed by atoms with van der Waals surface area (Å²) in [4.78, 5) is 0. The SMILES string of the molecule is [2H]c1c([2H])c([2H])c2c(c1[2H])c1c([2H])c([2H])c([2H])c([2H])c1n2-c1cccc(Nc2ccccc2-c2cc(C(C)(C)C)cc(C(C)(C)C)c2)c1. The Morgan fingerprint density at radius 1 is 0.625 bits per heavy atom. The van der Waals surface area contributed by atoms with Gasteiger partial charge in [0.2, 0.25) is 0 Å². The summed E-state index contributed by atoms with van der Waals surface area (Å²) in [5.74, 6) is 0. The van der Waals surface area contributed by atoms with Crippen LogP contribution < -0.4 is 5.32 Å². The number of nitrogens with zero attached hydrogens (tertiary/aromatic N) is 1. The summed E-state index contributed by atoms with van der Waals surface area (Å²) in [6, 6.07) is 19.0. The van der Waals surface area contributed by atoms with E-state index >= 15 is 0 Å².